The van der Waals surface area contributed by atoms with Gasteiger partial charge in [0, 0.05) is 26.9 Å². The van der Waals surface area contributed by atoms with Gasteiger partial charge < -0.3 is 4.57 Å². The van der Waals surface area contributed by atoms with Gasteiger partial charge in [0.15, 0.2) is 7.14 Å². The number of rotatable bonds is 6. The van der Waals surface area contributed by atoms with E-state index in [1.807, 2.05) is 72.8 Å². The maximum Gasteiger partial charge on any atom is 0.171 e. The molecular formula is C43H30NOP. The topological polar surface area (TPSA) is 30.0 Å². The molecule has 218 valence electrons. The molecule has 0 aliphatic carbocycles. The first kappa shape index (κ1) is 28.0. The Morgan fingerprint density at radius 1 is 0.413 bits per heavy atom. The summed E-state index contributed by atoms with van der Waals surface area (Å²) >= 11 is 0. The highest BCUT2D eigenvalue weighted by Gasteiger charge is 2.29. The fraction of sp³-hybridized carbons (Fsp3) is 0. The summed E-state index contributed by atoms with van der Waals surface area (Å²) in [5.41, 5.74) is 7.51. The predicted octanol–water partition coefficient (Wildman–Crippen LogP) is 10.0. The summed E-state index contributed by atoms with van der Waals surface area (Å²) < 4.78 is 14.8. The molecule has 0 radical (unpaired) electrons. The first-order chi connectivity index (χ1) is 22.7. The molecule has 0 unspecified atom stereocenters. The van der Waals surface area contributed by atoms with Gasteiger partial charge in [-0.1, -0.05) is 170 Å². The Labute approximate surface area is 269 Å². The van der Waals surface area contributed by atoms with Gasteiger partial charge in [-0.3, -0.25) is 0 Å². The fourth-order valence-corrected chi connectivity index (χ4v) is 9.07. The first-order valence-electron chi connectivity index (χ1n) is 15.5. The second kappa shape index (κ2) is 11.7. The van der Waals surface area contributed by atoms with E-state index >= 15 is 0 Å². The number of nitrogens with zero attached hydrogens (tertiary/aromatic N) is 1. The molecule has 1 heterocycles. The Bertz CT molecular complexity index is 2310. The molecule has 0 saturated heterocycles. The molecule has 2 nitrogen and oxygen atoms in total. The number of hydrogen-bond acceptors (Lipinski definition) is 2. The molecular weight excluding hydrogens is 577 g/mol. The molecule has 0 fully saturated rings. The third-order valence-electron chi connectivity index (χ3n) is 8.77. The fourth-order valence-electron chi connectivity index (χ4n) is 6.42. The lowest BCUT2D eigenvalue weighted by Crippen LogP contribution is -2.24. The molecule has 0 spiro atoms. The number of hydrogen-bond donors (Lipinski definition) is 0. The highest BCUT2D eigenvalue weighted by Crippen LogP contribution is 2.43. The van der Waals surface area contributed by atoms with Crippen molar-refractivity contribution in [3.8, 4) is 33.5 Å². The Balaban J connectivity index is 1.17. The molecule has 0 bridgehead atoms. The van der Waals surface area contributed by atoms with Crippen molar-refractivity contribution >= 4 is 44.7 Å². The van der Waals surface area contributed by atoms with Crippen LogP contribution in [0.15, 0.2) is 182 Å². The number of benzene rings is 7. The van der Waals surface area contributed by atoms with E-state index in [-0.39, 0.29) is 0 Å². The van der Waals surface area contributed by atoms with Crippen molar-refractivity contribution in [2.75, 3.05) is 0 Å². The molecule has 0 atom stereocenters. The zero-order chi connectivity index (χ0) is 30.9. The second-order valence-electron chi connectivity index (χ2n) is 11.5. The summed E-state index contributed by atoms with van der Waals surface area (Å²) in [5.74, 6) is 0. The smallest absolute Gasteiger partial charge is 0.171 e. The average Bonchev–Trinajstić information content (AvgIpc) is 3.15. The van der Waals surface area contributed by atoms with Gasteiger partial charge in [0.25, 0.3) is 0 Å². The van der Waals surface area contributed by atoms with Crippen LogP contribution in [0.1, 0.15) is 0 Å². The van der Waals surface area contributed by atoms with Crippen LogP contribution in [0, 0.1) is 0 Å². The molecule has 3 heteroatoms. The maximum atomic E-state index is 14.8. The Morgan fingerprint density at radius 2 is 0.913 bits per heavy atom. The van der Waals surface area contributed by atoms with E-state index in [1.165, 1.54) is 27.3 Å². The zero-order valence-electron chi connectivity index (χ0n) is 25.1. The van der Waals surface area contributed by atoms with E-state index in [0.29, 0.717) is 0 Å². The summed E-state index contributed by atoms with van der Waals surface area (Å²) in [5, 5.41) is 6.09. The summed E-state index contributed by atoms with van der Waals surface area (Å²) in [4.78, 5) is 5.15. The Hall–Kier alpha value is -5.56. The van der Waals surface area contributed by atoms with Gasteiger partial charge in [-0.15, -0.1) is 0 Å². The quantitative estimate of drug-likeness (QED) is 0.139. The van der Waals surface area contributed by atoms with Crippen LogP contribution in [-0.4, -0.2) is 4.98 Å². The minimum Gasteiger partial charge on any atom is -0.309 e. The Morgan fingerprint density at radius 3 is 1.54 bits per heavy atom. The number of aromatic nitrogens is 1. The highest BCUT2D eigenvalue weighted by molar-refractivity contribution is 7.85. The van der Waals surface area contributed by atoms with E-state index < -0.39 is 7.14 Å². The number of fused-ring (bicyclic) bond motifs is 3. The van der Waals surface area contributed by atoms with Crippen molar-refractivity contribution in [3.05, 3.63) is 182 Å². The van der Waals surface area contributed by atoms with Crippen LogP contribution in [0.25, 0.3) is 55.2 Å². The van der Waals surface area contributed by atoms with Crippen LogP contribution >= 0.6 is 7.14 Å². The van der Waals surface area contributed by atoms with Crippen LogP contribution in [0.5, 0.6) is 0 Å². The van der Waals surface area contributed by atoms with E-state index in [4.69, 9.17) is 4.98 Å². The SMILES string of the molecule is O=P(c1ccccc1)(c1ccccc1)c1ccc(-c2ccc(-c3cc(-c4ccccc4)c4c(ccc5ccccc54)n3)cc2)cc1. The van der Waals surface area contributed by atoms with Gasteiger partial charge in [0.05, 0.1) is 11.2 Å². The molecule has 1 aromatic heterocycles. The van der Waals surface area contributed by atoms with E-state index in [1.54, 1.807) is 0 Å². The van der Waals surface area contributed by atoms with Gasteiger partial charge in [-0.05, 0) is 45.2 Å². The monoisotopic (exact) mass is 607 g/mol. The standard InChI is InChI=1S/C43H30NOP/c45-46(36-15-6-2-7-16-36,37-17-8-3-9-18-37)38-27-24-32(25-28-38)31-20-22-35(23-21-31)42-30-40(33-12-4-1-5-13-33)43-39-19-11-10-14-34(39)26-29-41(43)44-42/h1-30H. The maximum absolute atomic E-state index is 14.8. The minimum atomic E-state index is -3.01. The largest absolute Gasteiger partial charge is 0.309 e. The van der Waals surface area contributed by atoms with Gasteiger partial charge in [-0.25, -0.2) is 4.98 Å². The van der Waals surface area contributed by atoms with Crippen LogP contribution in [-0.2, 0) is 4.57 Å². The Kier molecular flexibility index (Phi) is 7.14. The van der Waals surface area contributed by atoms with Gasteiger partial charge in [0.2, 0.25) is 0 Å². The van der Waals surface area contributed by atoms with Crippen LogP contribution in [0.4, 0.5) is 0 Å². The summed E-state index contributed by atoms with van der Waals surface area (Å²) in [6, 6.07) is 62.0. The molecule has 0 saturated carbocycles. The van der Waals surface area contributed by atoms with Crippen molar-refractivity contribution in [1.82, 2.24) is 4.98 Å². The van der Waals surface area contributed by atoms with Gasteiger partial charge in [-0.2, -0.15) is 0 Å². The van der Waals surface area contributed by atoms with Crippen LogP contribution < -0.4 is 15.9 Å². The molecule has 0 aliphatic rings. The van der Waals surface area contributed by atoms with Crippen molar-refractivity contribution in [3.63, 3.8) is 0 Å². The van der Waals surface area contributed by atoms with Crippen LogP contribution in [0.3, 0.4) is 0 Å². The predicted molar refractivity (Wildman–Crippen MR) is 195 cm³/mol. The molecule has 46 heavy (non-hydrogen) atoms. The minimum absolute atomic E-state index is 0.826. The summed E-state index contributed by atoms with van der Waals surface area (Å²) in [6.07, 6.45) is 0. The first-order valence-corrected chi connectivity index (χ1v) is 17.2. The lowest BCUT2D eigenvalue weighted by molar-refractivity contribution is 0.592. The van der Waals surface area contributed by atoms with Crippen LogP contribution in [0.2, 0.25) is 0 Å². The van der Waals surface area contributed by atoms with E-state index in [0.717, 1.165) is 43.8 Å². The lowest BCUT2D eigenvalue weighted by Gasteiger charge is -2.20. The molecule has 0 N–H and O–H groups in total. The zero-order valence-corrected chi connectivity index (χ0v) is 26.0. The summed E-state index contributed by atoms with van der Waals surface area (Å²) in [7, 11) is -3.01. The van der Waals surface area contributed by atoms with Crippen molar-refractivity contribution in [2.24, 2.45) is 0 Å². The van der Waals surface area contributed by atoms with Crippen molar-refractivity contribution in [2.45, 2.75) is 0 Å². The van der Waals surface area contributed by atoms with Crippen molar-refractivity contribution < 1.29 is 4.57 Å². The number of pyridine rings is 1. The molecule has 0 amide bonds. The second-order valence-corrected chi connectivity index (χ2v) is 14.3. The third-order valence-corrected chi connectivity index (χ3v) is 11.8. The van der Waals surface area contributed by atoms with Gasteiger partial charge >= 0.3 is 0 Å². The van der Waals surface area contributed by atoms with E-state index in [2.05, 4.69) is 109 Å². The van der Waals surface area contributed by atoms with Gasteiger partial charge in [0.1, 0.15) is 0 Å². The lowest BCUT2D eigenvalue weighted by atomic mass is 9.94. The molecule has 8 aromatic rings. The molecule has 0 aliphatic heterocycles. The molecule has 7 aromatic carbocycles. The van der Waals surface area contributed by atoms with Crippen molar-refractivity contribution in [1.29, 1.82) is 0 Å². The third kappa shape index (κ3) is 4.94. The van der Waals surface area contributed by atoms with E-state index in [9.17, 15) is 4.57 Å². The summed E-state index contributed by atoms with van der Waals surface area (Å²) in [6.45, 7) is 0. The molecule has 8 rings (SSSR count). The normalized spacial score (nSPS) is 11.6. The highest BCUT2D eigenvalue weighted by atomic mass is 31.2. The average molecular weight is 608 g/mol.